The van der Waals surface area contributed by atoms with Crippen LogP contribution in [0.15, 0.2) is 16.6 Å². The summed E-state index contributed by atoms with van der Waals surface area (Å²) in [5.41, 5.74) is 8.59. The van der Waals surface area contributed by atoms with E-state index in [1.807, 2.05) is 19.1 Å². The normalized spacial score (nSPS) is 10.8. The van der Waals surface area contributed by atoms with E-state index >= 15 is 0 Å². The van der Waals surface area contributed by atoms with Crippen LogP contribution < -0.4 is 10.5 Å². The van der Waals surface area contributed by atoms with Gasteiger partial charge in [0.2, 0.25) is 0 Å². The highest BCUT2D eigenvalue weighted by molar-refractivity contribution is 9.10. The van der Waals surface area contributed by atoms with Crippen molar-refractivity contribution < 1.29 is 4.74 Å². The van der Waals surface area contributed by atoms with Gasteiger partial charge in [-0.3, -0.25) is 0 Å². The fraction of sp³-hybridized carbons (Fsp3) is 0.200. The fourth-order valence-corrected chi connectivity index (χ4v) is 1.94. The highest BCUT2D eigenvalue weighted by atomic mass is 79.9. The number of halogens is 1. The van der Waals surface area contributed by atoms with Gasteiger partial charge in [0.25, 0.3) is 0 Å². The van der Waals surface area contributed by atoms with E-state index in [2.05, 4.69) is 20.9 Å². The lowest BCUT2D eigenvalue weighted by Crippen LogP contribution is -1.91. The first-order valence-corrected chi connectivity index (χ1v) is 5.04. The zero-order chi connectivity index (χ0) is 10.3. The second kappa shape index (κ2) is 3.20. The van der Waals surface area contributed by atoms with Crippen LogP contribution in [0.1, 0.15) is 5.69 Å². The molecule has 0 atom stereocenters. The molecule has 0 aliphatic heterocycles. The Labute approximate surface area is 90.4 Å². The van der Waals surface area contributed by atoms with Crippen molar-refractivity contribution >= 4 is 32.5 Å². The molecule has 4 heteroatoms. The first-order chi connectivity index (χ1) is 6.63. The number of methoxy groups -OCH3 is 1. The number of nitrogen functional groups attached to an aromatic ring is 1. The van der Waals surface area contributed by atoms with E-state index in [1.165, 1.54) is 0 Å². The van der Waals surface area contributed by atoms with Gasteiger partial charge >= 0.3 is 0 Å². The molecule has 3 nitrogen and oxygen atoms in total. The van der Waals surface area contributed by atoms with E-state index in [1.54, 1.807) is 7.11 Å². The van der Waals surface area contributed by atoms with Gasteiger partial charge in [0.1, 0.15) is 5.75 Å². The Morgan fingerprint density at radius 3 is 2.79 bits per heavy atom. The number of aryl methyl sites for hydroxylation is 1. The van der Waals surface area contributed by atoms with E-state index in [9.17, 15) is 0 Å². The van der Waals surface area contributed by atoms with Crippen LogP contribution in [0, 0.1) is 6.92 Å². The first-order valence-electron chi connectivity index (χ1n) is 4.24. The van der Waals surface area contributed by atoms with Crippen LogP contribution in [0.25, 0.3) is 10.9 Å². The Kier molecular flexibility index (Phi) is 2.15. The molecule has 0 bridgehead atoms. The van der Waals surface area contributed by atoms with Crippen LogP contribution in [-0.4, -0.2) is 12.1 Å². The molecule has 0 saturated carbocycles. The molecule has 2 rings (SSSR count). The van der Waals surface area contributed by atoms with E-state index in [4.69, 9.17) is 10.5 Å². The zero-order valence-corrected chi connectivity index (χ0v) is 9.60. The van der Waals surface area contributed by atoms with Gasteiger partial charge < -0.3 is 15.5 Å². The van der Waals surface area contributed by atoms with Crippen LogP contribution in [0.5, 0.6) is 5.75 Å². The zero-order valence-electron chi connectivity index (χ0n) is 8.02. The topological polar surface area (TPSA) is 51.0 Å². The maximum Gasteiger partial charge on any atom is 0.143 e. The molecule has 74 valence electrons. The number of fused-ring (bicyclic) bond motifs is 1. The second-order valence-electron chi connectivity index (χ2n) is 3.20. The minimum Gasteiger partial charge on any atom is -0.495 e. The molecule has 1 aromatic carbocycles. The second-order valence-corrected chi connectivity index (χ2v) is 4.00. The summed E-state index contributed by atoms with van der Waals surface area (Å²) in [4.78, 5) is 3.25. The molecule has 0 spiro atoms. The molecule has 1 heterocycles. The number of aromatic amines is 1. The summed E-state index contributed by atoms with van der Waals surface area (Å²) in [6, 6.07) is 3.81. The Morgan fingerprint density at radius 2 is 2.14 bits per heavy atom. The standard InChI is InChI=1S/C10H11BrN2O/c1-5-10(11)6-3-7(12)9(14-2)4-8(6)13-5/h3-4,13H,12H2,1-2H3. The summed E-state index contributed by atoms with van der Waals surface area (Å²) in [5, 5.41) is 1.08. The number of rotatable bonds is 1. The van der Waals surface area contributed by atoms with Crippen molar-refractivity contribution in [3.05, 3.63) is 22.3 Å². The predicted molar refractivity (Wildman–Crippen MR) is 61.7 cm³/mol. The number of aromatic nitrogens is 1. The molecular formula is C10H11BrN2O. The van der Waals surface area contributed by atoms with Crippen LogP contribution in [0.4, 0.5) is 5.69 Å². The van der Waals surface area contributed by atoms with Crippen molar-refractivity contribution in [3.63, 3.8) is 0 Å². The number of hydrogen-bond acceptors (Lipinski definition) is 2. The molecule has 0 amide bonds. The van der Waals surface area contributed by atoms with Gasteiger partial charge in [0.15, 0.2) is 0 Å². The van der Waals surface area contributed by atoms with Crippen LogP contribution >= 0.6 is 15.9 Å². The Hall–Kier alpha value is -1.16. The summed E-state index contributed by atoms with van der Waals surface area (Å²) in [7, 11) is 1.61. The molecule has 14 heavy (non-hydrogen) atoms. The van der Waals surface area contributed by atoms with Gasteiger partial charge in [-0.2, -0.15) is 0 Å². The van der Waals surface area contributed by atoms with Crippen molar-refractivity contribution in [2.24, 2.45) is 0 Å². The number of benzene rings is 1. The van der Waals surface area contributed by atoms with Crippen molar-refractivity contribution in [3.8, 4) is 5.75 Å². The van der Waals surface area contributed by atoms with Crippen LogP contribution in [0.2, 0.25) is 0 Å². The quantitative estimate of drug-likeness (QED) is 0.770. The van der Waals surface area contributed by atoms with Crippen molar-refractivity contribution in [1.29, 1.82) is 0 Å². The van der Waals surface area contributed by atoms with Gasteiger partial charge in [-0.1, -0.05) is 0 Å². The smallest absolute Gasteiger partial charge is 0.143 e. The lowest BCUT2D eigenvalue weighted by Gasteiger charge is -2.03. The average Bonchev–Trinajstić information content (AvgIpc) is 2.43. The number of ether oxygens (including phenoxy) is 1. The molecule has 2 aromatic rings. The summed E-state index contributed by atoms with van der Waals surface area (Å²) in [5.74, 6) is 0.700. The average molecular weight is 255 g/mol. The van der Waals surface area contributed by atoms with Gasteiger partial charge in [0.05, 0.1) is 18.3 Å². The summed E-state index contributed by atoms with van der Waals surface area (Å²) in [6.45, 7) is 2.01. The third-order valence-corrected chi connectivity index (χ3v) is 3.28. The third kappa shape index (κ3) is 1.26. The molecule has 0 aliphatic carbocycles. The van der Waals surface area contributed by atoms with Crippen LogP contribution in [0.3, 0.4) is 0 Å². The SMILES string of the molecule is COc1cc2[nH]c(C)c(Br)c2cc1N. The molecule has 0 unspecified atom stereocenters. The minimum atomic E-state index is 0.653. The van der Waals surface area contributed by atoms with E-state index in [0.717, 1.165) is 21.1 Å². The third-order valence-electron chi connectivity index (χ3n) is 2.26. The predicted octanol–water partition coefficient (Wildman–Crippen LogP) is 2.83. The molecule has 1 aromatic heterocycles. The molecular weight excluding hydrogens is 244 g/mol. The summed E-state index contributed by atoms with van der Waals surface area (Å²) < 4.78 is 6.20. The monoisotopic (exact) mass is 254 g/mol. The van der Waals surface area contributed by atoms with Gasteiger partial charge in [-0.15, -0.1) is 0 Å². The highest BCUT2D eigenvalue weighted by Crippen LogP contribution is 2.33. The van der Waals surface area contributed by atoms with Crippen molar-refractivity contribution in [2.45, 2.75) is 6.92 Å². The number of hydrogen-bond donors (Lipinski definition) is 2. The van der Waals surface area contributed by atoms with E-state index in [-0.39, 0.29) is 0 Å². The minimum absolute atomic E-state index is 0.653. The van der Waals surface area contributed by atoms with Crippen molar-refractivity contribution in [1.82, 2.24) is 4.98 Å². The Bertz CT molecular complexity index is 490. The van der Waals surface area contributed by atoms with Crippen LogP contribution in [-0.2, 0) is 0 Å². The van der Waals surface area contributed by atoms with Gasteiger partial charge in [0, 0.05) is 21.6 Å². The lowest BCUT2D eigenvalue weighted by atomic mass is 10.2. The number of nitrogens with two attached hydrogens (primary N) is 1. The molecule has 3 N–H and O–H groups in total. The summed E-state index contributed by atoms with van der Waals surface area (Å²) >= 11 is 3.50. The maximum atomic E-state index is 5.82. The number of anilines is 1. The van der Waals surface area contributed by atoms with Crippen molar-refractivity contribution in [2.75, 3.05) is 12.8 Å². The largest absolute Gasteiger partial charge is 0.495 e. The fourth-order valence-electron chi connectivity index (χ4n) is 1.52. The number of nitrogens with one attached hydrogen (secondary N) is 1. The summed E-state index contributed by atoms with van der Waals surface area (Å²) in [6.07, 6.45) is 0. The molecule has 0 radical (unpaired) electrons. The van der Waals surface area contributed by atoms with E-state index in [0.29, 0.717) is 11.4 Å². The van der Waals surface area contributed by atoms with Gasteiger partial charge in [-0.25, -0.2) is 0 Å². The van der Waals surface area contributed by atoms with Gasteiger partial charge in [-0.05, 0) is 28.9 Å². The molecule has 0 aliphatic rings. The molecule has 0 fully saturated rings. The first kappa shape index (κ1) is 9.40. The Balaban J connectivity index is 2.79. The molecule has 0 saturated heterocycles. The van der Waals surface area contributed by atoms with E-state index < -0.39 is 0 Å². The highest BCUT2D eigenvalue weighted by Gasteiger charge is 2.08. The Morgan fingerprint density at radius 1 is 1.43 bits per heavy atom. The maximum absolute atomic E-state index is 5.82. The number of H-pyrrole nitrogens is 1. The lowest BCUT2D eigenvalue weighted by molar-refractivity contribution is 0.417.